The lowest BCUT2D eigenvalue weighted by Gasteiger charge is -2.34. The number of nitrogens with zero attached hydrogens (tertiary/aromatic N) is 1. The second-order valence-electron chi connectivity index (χ2n) is 7.84. The van der Waals surface area contributed by atoms with Crippen LogP contribution in [0.2, 0.25) is 5.02 Å². The Labute approximate surface area is 182 Å². The molecule has 0 heterocycles. The third kappa shape index (κ3) is 6.44. The standard InChI is InChI=1S/C23H27ClN2O2S/c1-16-3-2-4-21(13-16)25-23(29)26(15-18-7-11-20(24)12-8-18)14-17-5-9-19(10-6-17)22(27)28/h2-4,7-8,11-13,17,19H,5-6,9-10,14-15H2,1H3,(H,25,29)(H,27,28)/p-1. The van der Waals surface area contributed by atoms with E-state index >= 15 is 0 Å². The molecule has 1 aliphatic carbocycles. The van der Waals surface area contributed by atoms with E-state index in [0.717, 1.165) is 30.6 Å². The molecule has 0 radical (unpaired) electrons. The van der Waals surface area contributed by atoms with Gasteiger partial charge in [-0.15, -0.1) is 0 Å². The summed E-state index contributed by atoms with van der Waals surface area (Å²) in [6.07, 6.45) is 3.12. The van der Waals surface area contributed by atoms with E-state index in [4.69, 9.17) is 23.8 Å². The summed E-state index contributed by atoms with van der Waals surface area (Å²) in [5.41, 5.74) is 3.27. The van der Waals surface area contributed by atoms with Gasteiger partial charge in [0.1, 0.15) is 0 Å². The summed E-state index contributed by atoms with van der Waals surface area (Å²) >= 11 is 11.8. The number of anilines is 1. The number of halogens is 1. The van der Waals surface area contributed by atoms with E-state index in [9.17, 15) is 9.90 Å². The predicted molar refractivity (Wildman–Crippen MR) is 120 cm³/mol. The van der Waals surface area contributed by atoms with Gasteiger partial charge in [-0.25, -0.2) is 0 Å². The molecule has 0 spiro atoms. The Morgan fingerprint density at radius 1 is 1.17 bits per heavy atom. The van der Waals surface area contributed by atoms with Gasteiger partial charge in [-0.2, -0.15) is 0 Å². The number of benzene rings is 2. The molecule has 0 atom stereocenters. The highest BCUT2D eigenvalue weighted by Crippen LogP contribution is 2.29. The van der Waals surface area contributed by atoms with Gasteiger partial charge < -0.3 is 20.1 Å². The highest BCUT2D eigenvalue weighted by Gasteiger charge is 2.24. The maximum Gasteiger partial charge on any atom is 0.173 e. The number of hydrogen-bond acceptors (Lipinski definition) is 3. The van der Waals surface area contributed by atoms with Gasteiger partial charge in [-0.3, -0.25) is 0 Å². The Morgan fingerprint density at radius 2 is 1.86 bits per heavy atom. The van der Waals surface area contributed by atoms with Crippen molar-refractivity contribution in [2.75, 3.05) is 11.9 Å². The molecule has 6 heteroatoms. The average Bonchev–Trinajstić information content (AvgIpc) is 2.69. The number of rotatable bonds is 6. The van der Waals surface area contributed by atoms with E-state index in [0.29, 0.717) is 35.4 Å². The lowest BCUT2D eigenvalue weighted by molar-refractivity contribution is -0.312. The lowest BCUT2D eigenvalue weighted by Crippen LogP contribution is -2.40. The van der Waals surface area contributed by atoms with Crippen LogP contribution in [0.3, 0.4) is 0 Å². The Hall–Kier alpha value is -2.11. The van der Waals surface area contributed by atoms with E-state index in [2.05, 4.69) is 29.3 Å². The summed E-state index contributed by atoms with van der Waals surface area (Å²) in [5.74, 6) is -0.818. The highest BCUT2D eigenvalue weighted by atomic mass is 35.5. The monoisotopic (exact) mass is 429 g/mol. The number of carbonyl (C=O) groups excluding carboxylic acids is 1. The number of thiocarbonyl (C=S) groups is 1. The second-order valence-corrected chi connectivity index (χ2v) is 8.67. The van der Waals surface area contributed by atoms with Gasteiger partial charge in [-0.05, 0) is 92.1 Å². The number of nitrogens with one attached hydrogen (secondary N) is 1. The molecule has 1 N–H and O–H groups in total. The summed E-state index contributed by atoms with van der Waals surface area (Å²) in [7, 11) is 0. The fourth-order valence-electron chi connectivity index (χ4n) is 3.85. The number of carboxylic acid groups (broad SMARTS) is 1. The number of aliphatic carboxylic acids is 1. The minimum Gasteiger partial charge on any atom is -0.550 e. The zero-order valence-electron chi connectivity index (χ0n) is 16.6. The molecular formula is C23H26ClN2O2S-. The molecule has 0 aliphatic heterocycles. The van der Waals surface area contributed by atoms with Gasteiger partial charge in [0.05, 0.1) is 0 Å². The molecule has 0 amide bonds. The van der Waals surface area contributed by atoms with Crippen LogP contribution < -0.4 is 10.4 Å². The molecule has 0 bridgehead atoms. The Balaban J connectivity index is 1.69. The van der Waals surface area contributed by atoms with Crippen LogP contribution in [0.1, 0.15) is 36.8 Å². The van der Waals surface area contributed by atoms with Crippen LogP contribution in [-0.4, -0.2) is 22.5 Å². The van der Waals surface area contributed by atoms with Gasteiger partial charge in [0.15, 0.2) is 5.11 Å². The second kappa shape index (κ2) is 10.1. The average molecular weight is 430 g/mol. The molecule has 1 aliphatic rings. The van der Waals surface area contributed by atoms with Crippen molar-refractivity contribution in [2.45, 2.75) is 39.2 Å². The van der Waals surface area contributed by atoms with Crippen LogP contribution in [0.4, 0.5) is 5.69 Å². The van der Waals surface area contributed by atoms with Gasteiger partial charge in [0.25, 0.3) is 0 Å². The molecule has 4 nitrogen and oxygen atoms in total. The van der Waals surface area contributed by atoms with E-state index in [1.165, 1.54) is 5.56 Å². The molecule has 2 aromatic rings. The van der Waals surface area contributed by atoms with E-state index in [-0.39, 0.29) is 5.92 Å². The molecule has 0 saturated heterocycles. The minimum atomic E-state index is -0.918. The normalized spacial score (nSPS) is 18.8. The lowest BCUT2D eigenvalue weighted by atomic mass is 9.82. The predicted octanol–water partition coefficient (Wildman–Crippen LogP) is 4.40. The number of hydrogen-bond donors (Lipinski definition) is 1. The molecule has 0 unspecified atom stereocenters. The highest BCUT2D eigenvalue weighted by molar-refractivity contribution is 7.80. The van der Waals surface area contributed by atoms with Crippen LogP contribution in [0.15, 0.2) is 48.5 Å². The first-order valence-corrected chi connectivity index (χ1v) is 10.8. The fourth-order valence-corrected chi connectivity index (χ4v) is 4.23. The third-order valence-corrected chi connectivity index (χ3v) is 6.11. The maximum atomic E-state index is 11.1. The summed E-state index contributed by atoms with van der Waals surface area (Å²) < 4.78 is 0. The van der Waals surface area contributed by atoms with Crippen molar-refractivity contribution >= 4 is 40.6 Å². The van der Waals surface area contributed by atoms with Crippen LogP contribution in [0, 0.1) is 18.8 Å². The van der Waals surface area contributed by atoms with Crippen LogP contribution in [0.25, 0.3) is 0 Å². The first-order valence-electron chi connectivity index (χ1n) is 9.98. The van der Waals surface area contributed by atoms with Crippen molar-refractivity contribution < 1.29 is 9.90 Å². The van der Waals surface area contributed by atoms with Gasteiger partial charge in [0.2, 0.25) is 0 Å². The molecule has 3 rings (SSSR count). The number of aryl methyl sites for hydroxylation is 1. The van der Waals surface area contributed by atoms with Gasteiger partial charge >= 0.3 is 0 Å². The smallest absolute Gasteiger partial charge is 0.173 e. The van der Waals surface area contributed by atoms with Crippen molar-refractivity contribution in [3.05, 3.63) is 64.7 Å². The first kappa shape index (κ1) is 21.6. The molecule has 1 saturated carbocycles. The van der Waals surface area contributed by atoms with Crippen molar-refractivity contribution in [3.8, 4) is 0 Å². The van der Waals surface area contributed by atoms with Crippen molar-refractivity contribution in [3.63, 3.8) is 0 Å². The van der Waals surface area contributed by atoms with Gasteiger partial charge in [0, 0.05) is 29.8 Å². The quantitative estimate of drug-likeness (QED) is 0.689. The van der Waals surface area contributed by atoms with Crippen LogP contribution in [-0.2, 0) is 11.3 Å². The van der Waals surface area contributed by atoms with Crippen molar-refractivity contribution in [1.29, 1.82) is 0 Å². The summed E-state index contributed by atoms with van der Waals surface area (Å²) in [5, 5.41) is 15.9. The van der Waals surface area contributed by atoms with Crippen molar-refractivity contribution in [1.82, 2.24) is 4.90 Å². The summed E-state index contributed by atoms with van der Waals surface area (Å²) in [4.78, 5) is 13.3. The van der Waals surface area contributed by atoms with Crippen molar-refractivity contribution in [2.24, 2.45) is 11.8 Å². The van der Waals surface area contributed by atoms with E-state index in [1.807, 2.05) is 36.4 Å². The topological polar surface area (TPSA) is 55.4 Å². The SMILES string of the molecule is Cc1cccc(NC(=S)N(Cc2ccc(Cl)cc2)CC2CCC(C(=O)[O-])CC2)c1. The zero-order valence-corrected chi connectivity index (χ0v) is 18.1. The Bertz CT molecular complexity index is 848. The molecular weight excluding hydrogens is 404 g/mol. The summed E-state index contributed by atoms with van der Waals surface area (Å²) in [6, 6.07) is 15.9. The molecule has 2 aromatic carbocycles. The molecule has 0 aromatic heterocycles. The molecule has 29 heavy (non-hydrogen) atoms. The number of carboxylic acids is 1. The Morgan fingerprint density at radius 3 is 2.48 bits per heavy atom. The van der Waals surface area contributed by atoms with Gasteiger partial charge in [-0.1, -0.05) is 35.9 Å². The first-order chi connectivity index (χ1) is 13.9. The largest absolute Gasteiger partial charge is 0.550 e. The molecule has 154 valence electrons. The zero-order chi connectivity index (χ0) is 20.8. The minimum absolute atomic E-state index is 0.312. The molecule has 1 fully saturated rings. The van der Waals surface area contributed by atoms with E-state index in [1.54, 1.807) is 0 Å². The third-order valence-electron chi connectivity index (χ3n) is 5.50. The van der Waals surface area contributed by atoms with E-state index < -0.39 is 5.97 Å². The maximum absolute atomic E-state index is 11.1. The van der Waals surface area contributed by atoms with Crippen LogP contribution >= 0.6 is 23.8 Å². The Kier molecular flexibility index (Phi) is 7.51. The fraction of sp³-hybridized carbons (Fsp3) is 0.391. The number of carbonyl (C=O) groups is 1. The van der Waals surface area contributed by atoms with Crippen LogP contribution in [0.5, 0.6) is 0 Å². The summed E-state index contributed by atoms with van der Waals surface area (Å²) in [6.45, 7) is 3.52.